The number of aryl methyl sites for hydroxylation is 2. The molecule has 0 aliphatic carbocycles. The van der Waals surface area contributed by atoms with Gasteiger partial charge in [-0.3, -0.25) is 4.79 Å². The van der Waals surface area contributed by atoms with Crippen LogP contribution in [0.25, 0.3) is 0 Å². The summed E-state index contributed by atoms with van der Waals surface area (Å²) in [5.74, 6) is 0.737. The van der Waals surface area contributed by atoms with Gasteiger partial charge < -0.3 is 19.9 Å². The van der Waals surface area contributed by atoms with E-state index in [2.05, 4.69) is 15.6 Å². The van der Waals surface area contributed by atoms with Gasteiger partial charge in [0, 0.05) is 48.5 Å². The minimum absolute atomic E-state index is 0.0586. The second-order valence-electron chi connectivity index (χ2n) is 6.30. The van der Waals surface area contributed by atoms with E-state index in [0.717, 1.165) is 35.7 Å². The minimum atomic E-state index is -0.0586. The van der Waals surface area contributed by atoms with Gasteiger partial charge in [0.2, 0.25) is 0 Å². The molecule has 1 heterocycles. The number of nitrogens with one attached hydrogen (secondary N) is 2. The third-order valence-electron chi connectivity index (χ3n) is 4.28. The number of hydrogen-bond donors (Lipinski definition) is 2. The molecule has 0 unspecified atom stereocenters. The van der Waals surface area contributed by atoms with Crippen LogP contribution in [0.1, 0.15) is 22.3 Å². The summed E-state index contributed by atoms with van der Waals surface area (Å²) in [6, 6.07) is 13.4. The molecule has 6 nitrogen and oxygen atoms in total. The molecule has 3 rings (SSSR count). The first kappa shape index (κ1) is 18.5. The number of rotatable bonds is 8. The SMILES string of the molecule is COc1cccc(Nc2ccc(C(=O)NCCCn3ccnc3)cc2C)c1. The molecule has 0 spiro atoms. The van der Waals surface area contributed by atoms with E-state index in [4.69, 9.17) is 4.74 Å². The van der Waals surface area contributed by atoms with E-state index in [9.17, 15) is 4.79 Å². The number of benzene rings is 2. The van der Waals surface area contributed by atoms with Gasteiger partial charge in [-0.15, -0.1) is 0 Å². The number of anilines is 2. The van der Waals surface area contributed by atoms with Gasteiger partial charge >= 0.3 is 0 Å². The van der Waals surface area contributed by atoms with E-state index < -0.39 is 0 Å². The number of imidazole rings is 1. The van der Waals surface area contributed by atoms with Crippen molar-refractivity contribution in [2.45, 2.75) is 19.9 Å². The highest BCUT2D eigenvalue weighted by molar-refractivity contribution is 5.95. The van der Waals surface area contributed by atoms with Gasteiger partial charge in [0.25, 0.3) is 5.91 Å². The number of ether oxygens (including phenoxy) is 1. The average Bonchev–Trinajstić information content (AvgIpc) is 3.20. The van der Waals surface area contributed by atoms with E-state index in [1.165, 1.54) is 0 Å². The Morgan fingerprint density at radius 1 is 1.22 bits per heavy atom. The first-order valence-electron chi connectivity index (χ1n) is 8.91. The lowest BCUT2D eigenvalue weighted by atomic mass is 10.1. The predicted octanol–water partition coefficient (Wildman–Crippen LogP) is 3.76. The number of methoxy groups -OCH3 is 1. The lowest BCUT2D eigenvalue weighted by Crippen LogP contribution is -2.25. The molecule has 0 aliphatic rings. The number of aromatic nitrogens is 2. The van der Waals surface area contributed by atoms with E-state index in [1.807, 2.05) is 60.2 Å². The van der Waals surface area contributed by atoms with Crippen LogP contribution >= 0.6 is 0 Å². The maximum atomic E-state index is 12.3. The van der Waals surface area contributed by atoms with Crippen LogP contribution in [0.15, 0.2) is 61.2 Å². The fourth-order valence-corrected chi connectivity index (χ4v) is 2.79. The van der Waals surface area contributed by atoms with Crippen molar-refractivity contribution in [3.05, 3.63) is 72.3 Å². The molecule has 0 radical (unpaired) electrons. The highest BCUT2D eigenvalue weighted by Gasteiger charge is 2.08. The van der Waals surface area contributed by atoms with Crippen LogP contribution in [0.3, 0.4) is 0 Å². The first-order valence-corrected chi connectivity index (χ1v) is 8.91. The fourth-order valence-electron chi connectivity index (χ4n) is 2.79. The molecule has 0 fully saturated rings. The standard InChI is InChI=1S/C21H24N4O2/c1-16-13-17(21(26)23-9-4-11-25-12-10-22-15-25)7-8-20(16)24-18-5-3-6-19(14-18)27-2/h3,5-8,10,12-15,24H,4,9,11H2,1-2H3,(H,23,26). The van der Waals surface area contributed by atoms with Crippen molar-refractivity contribution in [1.29, 1.82) is 0 Å². The summed E-state index contributed by atoms with van der Waals surface area (Å²) in [5, 5.41) is 6.32. The summed E-state index contributed by atoms with van der Waals surface area (Å²) in [6.45, 7) is 3.45. The van der Waals surface area contributed by atoms with Crippen LogP contribution in [-0.4, -0.2) is 29.1 Å². The van der Waals surface area contributed by atoms with Crippen molar-refractivity contribution >= 4 is 17.3 Å². The second kappa shape index (κ2) is 8.89. The zero-order chi connectivity index (χ0) is 19.1. The molecular formula is C21H24N4O2. The molecule has 0 saturated carbocycles. The number of amides is 1. The van der Waals surface area contributed by atoms with Crippen LogP contribution < -0.4 is 15.4 Å². The Balaban J connectivity index is 1.55. The van der Waals surface area contributed by atoms with E-state index in [-0.39, 0.29) is 5.91 Å². The Bertz CT molecular complexity index is 891. The third-order valence-corrected chi connectivity index (χ3v) is 4.28. The molecule has 0 saturated heterocycles. The van der Waals surface area contributed by atoms with Gasteiger partial charge in [-0.25, -0.2) is 4.98 Å². The van der Waals surface area contributed by atoms with Crippen LogP contribution in [-0.2, 0) is 6.54 Å². The number of carbonyl (C=O) groups excluding carboxylic acids is 1. The molecular weight excluding hydrogens is 340 g/mol. The summed E-state index contributed by atoms with van der Waals surface area (Å²) in [6.07, 6.45) is 6.30. The minimum Gasteiger partial charge on any atom is -0.497 e. The zero-order valence-electron chi connectivity index (χ0n) is 15.6. The van der Waals surface area contributed by atoms with E-state index >= 15 is 0 Å². The molecule has 1 amide bonds. The van der Waals surface area contributed by atoms with Gasteiger partial charge in [-0.2, -0.15) is 0 Å². The van der Waals surface area contributed by atoms with Crippen LogP contribution in [0.5, 0.6) is 5.75 Å². The largest absolute Gasteiger partial charge is 0.497 e. The topological polar surface area (TPSA) is 68.2 Å². The monoisotopic (exact) mass is 364 g/mol. The highest BCUT2D eigenvalue weighted by Crippen LogP contribution is 2.24. The molecule has 140 valence electrons. The van der Waals surface area contributed by atoms with E-state index in [1.54, 1.807) is 19.6 Å². The Hall–Kier alpha value is -3.28. The van der Waals surface area contributed by atoms with Crippen LogP contribution in [0, 0.1) is 6.92 Å². The zero-order valence-corrected chi connectivity index (χ0v) is 15.6. The molecule has 2 N–H and O–H groups in total. The quantitative estimate of drug-likeness (QED) is 0.597. The Labute approximate surface area is 159 Å². The van der Waals surface area contributed by atoms with Crippen molar-refractivity contribution in [2.75, 3.05) is 19.0 Å². The van der Waals surface area contributed by atoms with Crippen molar-refractivity contribution in [1.82, 2.24) is 14.9 Å². The molecule has 0 bridgehead atoms. The normalized spacial score (nSPS) is 10.4. The number of carbonyl (C=O) groups is 1. The molecule has 6 heteroatoms. The predicted molar refractivity (Wildman–Crippen MR) is 107 cm³/mol. The van der Waals surface area contributed by atoms with Crippen LogP contribution in [0.2, 0.25) is 0 Å². The van der Waals surface area contributed by atoms with Crippen molar-refractivity contribution in [2.24, 2.45) is 0 Å². The molecule has 27 heavy (non-hydrogen) atoms. The van der Waals surface area contributed by atoms with Gasteiger partial charge in [-0.1, -0.05) is 6.07 Å². The van der Waals surface area contributed by atoms with Crippen LogP contribution in [0.4, 0.5) is 11.4 Å². The Kier molecular flexibility index (Phi) is 6.10. The average molecular weight is 364 g/mol. The Morgan fingerprint density at radius 3 is 2.85 bits per heavy atom. The Morgan fingerprint density at radius 2 is 2.11 bits per heavy atom. The summed E-state index contributed by atoms with van der Waals surface area (Å²) >= 11 is 0. The van der Waals surface area contributed by atoms with Gasteiger partial charge in [-0.05, 0) is 49.2 Å². The van der Waals surface area contributed by atoms with Crippen molar-refractivity contribution in [3.63, 3.8) is 0 Å². The lowest BCUT2D eigenvalue weighted by molar-refractivity contribution is 0.0952. The van der Waals surface area contributed by atoms with Gasteiger partial charge in [0.15, 0.2) is 0 Å². The fraction of sp³-hybridized carbons (Fsp3) is 0.238. The molecule has 0 atom stereocenters. The maximum Gasteiger partial charge on any atom is 0.251 e. The lowest BCUT2D eigenvalue weighted by Gasteiger charge is -2.12. The van der Waals surface area contributed by atoms with Crippen molar-refractivity contribution < 1.29 is 9.53 Å². The second-order valence-corrected chi connectivity index (χ2v) is 6.30. The highest BCUT2D eigenvalue weighted by atomic mass is 16.5. The summed E-state index contributed by atoms with van der Waals surface area (Å²) in [7, 11) is 1.65. The summed E-state index contributed by atoms with van der Waals surface area (Å²) < 4.78 is 7.24. The smallest absolute Gasteiger partial charge is 0.251 e. The van der Waals surface area contributed by atoms with E-state index in [0.29, 0.717) is 12.1 Å². The maximum absolute atomic E-state index is 12.3. The molecule has 2 aromatic carbocycles. The van der Waals surface area contributed by atoms with Gasteiger partial charge in [0.05, 0.1) is 13.4 Å². The third kappa shape index (κ3) is 5.10. The van der Waals surface area contributed by atoms with Crippen molar-refractivity contribution in [3.8, 4) is 5.75 Å². The van der Waals surface area contributed by atoms with Gasteiger partial charge in [0.1, 0.15) is 5.75 Å². The summed E-state index contributed by atoms with van der Waals surface area (Å²) in [4.78, 5) is 16.3. The first-order chi connectivity index (χ1) is 13.2. The summed E-state index contributed by atoms with van der Waals surface area (Å²) in [5.41, 5.74) is 3.56. The number of nitrogens with zero attached hydrogens (tertiary/aromatic N) is 2. The molecule has 0 aliphatic heterocycles. The molecule has 1 aromatic heterocycles. The molecule has 3 aromatic rings. The number of hydrogen-bond acceptors (Lipinski definition) is 4.